The Balaban J connectivity index is 2.34. The summed E-state index contributed by atoms with van der Waals surface area (Å²) in [6.45, 7) is 2.18. The normalized spacial score (nSPS) is 13.4. The number of nitrogens with two attached hydrogens (primary N) is 1. The van der Waals surface area contributed by atoms with Crippen molar-refractivity contribution in [2.45, 2.75) is 64.1 Å². The third-order valence-electron chi connectivity index (χ3n) is 3.53. The summed E-state index contributed by atoms with van der Waals surface area (Å²) < 4.78 is 37.3. The van der Waals surface area contributed by atoms with Crippen LogP contribution in [0.2, 0.25) is 0 Å². The van der Waals surface area contributed by atoms with Gasteiger partial charge in [-0.15, -0.1) is 0 Å². The fourth-order valence-electron chi connectivity index (χ4n) is 2.23. The van der Waals surface area contributed by atoms with Crippen LogP contribution < -0.4 is 5.73 Å². The Hall–Kier alpha value is -1.03. The van der Waals surface area contributed by atoms with Crippen LogP contribution in [0.3, 0.4) is 0 Å². The lowest BCUT2D eigenvalue weighted by molar-refractivity contribution is -0.137. The number of hydrogen-bond acceptors (Lipinski definition) is 1. The molecule has 1 unspecified atom stereocenters. The maximum atomic E-state index is 12.4. The van der Waals surface area contributed by atoms with Gasteiger partial charge in [0.25, 0.3) is 0 Å². The van der Waals surface area contributed by atoms with Crippen LogP contribution in [0, 0.1) is 0 Å². The molecule has 1 rings (SSSR count). The lowest BCUT2D eigenvalue weighted by Crippen LogP contribution is -2.11. The molecule has 0 fully saturated rings. The lowest BCUT2D eigenvalue weighted by Gasteiger charge is -2.13. The van der Waals surface area contributed by atoms with Crippen LogP contribution in [0.4, 0.5) is 13.2 Å². The molecule has 0 heterocycles. The first-order chi connectivity index (χ1) is 9.45. The van der Waals surface area contributed by atoms with E-state index in [4.69, 9.17) is 5.73 Å². The molecular formula is C16H24F3N. The molecule has 0 bridgehead atoms. The van der Waals surface area contributed by atoms with E-state index in [0.29, 0.717) is 0 Å². The van der Waals surface area contributed by atoms with E-state index in [0.717, 1.165) is 37.0 Å². The quantitative estimate of drug-likeness (QED) is 0.632. The average molecular weight is 287 g/mol. The molecule has 1 nitrogen and oxygen atoms in total. The first kappa shape index (κ1) is 17.0. The molecular weight excluding hydrogens is 263 g/mol. The highest BCUT2D eigenvalue weighted by molar-refractivity contribution is 5.26. The van der Waals surface area contributed by atoms with Gasteiger partial charge in [-0.25, -0.2) is 0 Å². The summed E-state index contributed by atoms with van der Waals surface area (Å²) in [4.78, 5) is 0. The van der Waals surface area contributed by atoms with E-state index in [-0.39, 0.29) is 6.04 Å². The second-order valence-corrected chi connectivity index (χ2v) is 5.28. The largest absolute Gasteiger partial charge is 0.416 e. The molecule has 0 aliphatic heterocycles. The van der Waals surface area contributed by atoms with Gasteiger partial charge in [-0.3, -0.25) is 0 Å². The van der Waals surface area contributed by atoms with Crippen LogP contribution in [0.25, 0.3) is 0 Å². The van der Waals surface area contributed by atoms with Crippen molar-refractivity contribution in [3.63, 3.8) is 0 Å². The summed E-state index contributed by atoms with van der Waals surface area (Å²) in [5.74, 6) is 0. The first-order valence-corrected chi connectivity index (χ1v) is 7.38. The van der Waals surface area contributed by atoms with Gasteiger partial charge in [-0.2, -0.15) is 13.2 Å². The summed E-state index contributed by atoms with van der Waals surface area (Å²) >= 11 is 0. The summed E-state index contributed by atoms with van der Waals surface area (Å²) in [6, 6.07) is 5.03. The SMILES string of the molecule is CCCCCCCCC(N)c1ccc(C(F)(F)F)cc1. The highest BCUT2D eigenvalue weighted by Gasteiger charge is 2.30. The number of unbranched alkanes of at least 4 members (excludes halogenated alkanes) is 5. The highest BCUT2D eigenvalue weighted by Crippen LogP contribution is 2.30. The zero-order chi connectivity index (χ0) is 15.0. The van der Waals surface area contributed by atoms with Gasteiger partial charge in [-0.05, 0) is 24.1 Å². The van der Waals surface area contributed by atoms with Crippen LogP contribution in [-0.4, -0.2) is 0 Å². The monoisotopic (exact) mass is 287 g/mol. The lowest BCUT2D eigenvalue weighted by atomic mass is 9.99. The molecule has 2 N–H and O–H groups in total. The molecule has 4 heteroatoms. The number of rotatable bonds is 8. The summed E-state index contributed by atoms with van der Waals surface area (Å²) in [5, 5.41) is 0. The minimum atomic E-state index is -4.28. The molecule has 0 spiro atoms. The first-order valence-electron chi connectivity index (χ1n) is 7.38. The molecule has 114 valence electrons. The Labute approximate surface area is 119 Å². The molecule has 0 radical (unpaired) electrons. The Morgan fingerprint density at radius 2 is 1.50 bits per heavy atom. The van der Waals surface area contributed by atoms with E-state index in [1.165, 1.54) is 37.8 Å². The second-order valence-electron chi connectivity index (χ2n) is 5.28. The minimum absolute atomic E-state index is 0.163. The van der Waals surface area contributed by atoms with E-state index >= 15 is 0 Å². The maximum Gasteiger partial charge on any atom is 0.416 e. The Morgan fingerprint density at radius 1 is 0.950 bits per heavy atom. The van der Waals surface area contributed by atoms with E-state index in [9.17, 15) is 13.2 Å². The van der Waals surface area contributed by atoms with E-state index in [1.54, 1.807) is 0 Å². The van der Waals surface area contributed by atoms with Crippen molar-refractivity contribution in [2.24, 2.45) is 5.73 Å². The van der Waals surface area contributed by atoms with Crippen LogP contribution >= 0.6 is 0 Å². The second kappa shape index (κ2) is 8.30. The van der Waals surface area contributed by atoms with Crippen molar-refractivity contribution in [1.82, 2.24) is 0 Å². The van der Waals surface area contributed by atoms with Gasteiger partial charge in [0, 0.05) is 6.04 Å². The standard InChI is InChI=1S/C16H24F3N/c1-2-3-4-5-6-7-8-15(20)13-9-11-14(12-10-13)16(17,18)19/h9-12,15H,2-8,20H2,1H3. The molecule has 0 aliphatic rings. The molecule has 0 amide bonds. The Morgan fingerprint density at radius 3 is 2.05 bits per heavy atom. The van der Waals surface area contributed by atoms with Crippen molar-refractivity contribution in [3.8, 4) is 0 Å². The van der Waals surface area contributed by atoms with Crippen molar-refractivity contribution in [2.75, 3.05) is 0 Å². The smallest absolute Gasteiger partial charge is 0.324 e. The predicted molar refractivity (Wildman–Crippen MR) is 76.4 cm³/mol. The number of alkyl halides is 3. The van der Waals surface area contributed by atoms with Crippen LogP contribution in [0.15, 0.2) is 24.3 Å². The summed E-state index contributed by atoms with van der Waals surface area (Å²) in [6.07, 6.45) is 3.70. The van der Waals surface area contributed by atoms with Gasteiger partial charge in [0.1, 0.15) is 0 Å². The zero-order valence-corrected chi connectivity index (χ0v) is 12.0. The van der Waals surface area contributed by atoms with E-state index in [2.05, 4.69) is 6.92 Å². The Kier molecular flexibility index (Phi) is 7.06. The van der Waals surface area contributed by atoms with Gasteiger partial charge in [0.05, 0.1) is 5.56 Å². The van der Waals surface area contributed by atoms with Crippen molar-refractivity contribution in [3.05, 3.63) is 35.4 Å². The van der Waals surface area contributed by atoms with E-state index < -0.39 is 11.7 Å². The van der Waals surface area contributed by atoms with Crippen molar-refractivity contribution in [1.29, 1.82) is 0 Å². The summed E-state index contributed by atoms with van der Waals surface area (Å²) in [7, 11) is 0. The van der Waals surface area contributed by atoms with Crippen LogP contribution in [0.5, 0.6) is 0 Å². The molecule has 1 aromatic rings. The average Bonchev–Trinajstić information content (AvgIpc) is 2.41. The van der Waals surface area contributed by atoms with Crippen molar-refractivity contribution < 1.29 is 13.2 Å². The minimum Gasteiger partial charge on any atom is -0.324 e. The number of halogens is 3. The fourth-order valence-corrected chi connectivity index (χ4v) is 2.23. The molecule has 0 saturated carbocycles. The summed E-state index contributed by atoms with van der Waals surface area (Å²) in [5.41, 5.74) is 6.18. The molecule has 1 aromatic carbocycles. The fraction of sp³-hybridized carbons (Fsp3) is 0.625. The molecule has 1 atom stereocenters. The third kappa shape index (κ3) is 5.95. The maximum absolute atomic E-state index is 12.4. The number of benzene rings is 1. The van der Waals surface area contributed by atoms with Gasteiger partial charge in [0.15, 0.2) is 0 Å². The molecule has 0 aromatic heterocycles. The van der Waals surface area contributed by atoms with Gasteiger partial charge < -0.3 is 5.73 Å². The van der Waals surface area contributed by atoms with Crippen LogP contribution in [0.1, 0.15) is 69.0 Å². The highest BCUT2D eigenvalue weighted by atomic mass is 19.4. The predicted octanol–water partition coefficient (Wildman–Crippen LogP) is 5.46. The van der Waals surface area contributed by atoms with Gasteiger partial charge in [0.2, 0.25) is 0 Å². The van der Waals surface area contributed by atoms with E-state index in [1.807, 2.05) is 0 Å². The number of hydrogen-bond donors (Lipinski definition) is 1. The Bertz CT molecular complexity index is 370. The molecule has 0 saturated heterocycles. The zero-order valence-electron chi connectivity index (χ0n) is 12.0. The topological polar surface area (TPSA) is 26.0 Å². The molecule has 20 heavy (non-hydrogen) atoms. The van der Waals surface area contributed by atoms with Crippen LogP contribution in [-0.2, 0) is 6.18 Å². The van der Waals surface area contributed by atoms with Crippen molar-refractivity contribution >= 4 is 0 Å². The molecule has 0 aliphatic carbocycles. The van der Waals surface area contributed by atoms with Gasteiger partial charge >= 0.3 is 6.18 Å². The third-order valence-corrected chi connectivity index (χ3v) is 3.53. The van der Waals surface area contributed by atoms with Gasteiger partial charge in [-0.1, -0.05) is 57.6 Å².